The summed E-state index contributed by atoms with van der Waals surface area (Å²) in [5.74, 6) is -4.72. The monoisotopic (exact) mass is 263 g/mol. The van der Waals surface area contributed by atoms with Gasteiger partial charge in [-0.25, -0.2) is 4.79 Å². The van der Waals surface area contributed by atoms with E-state index in [-0.39, 0.29) is 5.56 Å². The van der Waals surface area contributed by atoms with Gasteiger partial charge in [0.05, 0.1) is 5.69 Å². The number of aryl methyl sites for hydroxylation is 1. The number of phenols is 1. The van der Waals surface area contributed by atoms with E-state index in [9.17, 15) is 27.9 Å². The highest BCUT2D eigenvalue weighted by Crippen LogP contribution is 2.32. The number of hydrogen-bond donors (Lipinski definition) is 3. The van der Waals surface area contributed by atoms with Gasteiger partial charge in [-0.05, 0) is 18.6 Å². The van der Waals surface area contributed by atoms with E-state index in [4.69, 9.17) is 5.11 Å². The average Bonchev–Trinajstić information content (AvgIpc) is 2.21. The third-order valence-corrected chi connectivity index (χ3v) is 2.11. The Hall–Kier alpha value is -2.25. The van der Waals surface area contributed by atoms with Gasteiger partial charge in [0, 0.05) is 0 Å². The van der Waals surface area contributed by atoms with Crippen LogP contribution >= 0.6 is 0 Å². The van der Waals surface area contributed by atoms with Gasteiger partial charge < -0.3 is 15.5 Å². The first-order valence-electron chi connectivity index (χ1n) is 4.58. The summed E-state index contributed by atoms with van der Waals surface area (Å²) in [6.45, 7) is 1.32. The molecule has 18 heavy (non-hydrogen) atoms. The van der Waals surface area contributed by atoms with Crippen molar-refractivity contribution in [2.75, 3.05) is 5.32 Å². The molecule has 0 aliphatic carbocycles. The minimum atomic E-state index is -5.13. The lowest BCUT2D eigenvalue weighted by molar-refractivity contribution is -0.167. The van der Waals surface area contributed by atoms with E-state index in [1.807, 2.05) is 0 Å². The van der Waals surface area contributed by atoms with E-state index < -0.39 is 35.1 Å². The highest BCUT2D eigenvalue weighted by Gasteiger charge is 2.39. The normalized spacial score (nSPS) is 11.1. The van der Waals surface area contributed by atoms with E-state index in [0.29, 0.717) is 0 Å². The van der Waals surface area contributed by atoms with Crippen LogP contribution < -0.4 is 5.32 Å². The molecule has 0 fully saturated rings. The van der Waals surface area contributed by atoms with E-state index in [1.54, 1.807) is 0 Å². The number of aromatic carboxylic acids is 1. The molecule has 0 saturated heterocycles. The number of rotatable bonds is 2. The summed E-state index contributed by atoms with van der Waals surface area (Å²) in [5, 5.41) is 19.6. The maximum atomic E-state index is 12.0. The first kappa shape index (κ1) is 13.8. The molecule has 98 valence electrons. The summed E-state index contributed by atoms with van der Waals surface area (Å²) in [6, 6.07) is 2.20. The number of halogens is 3. The molecule has 8 heteroatoms. The Bertz CT molecular complexity index is 511. The summed E-state index contributed by atoms with van der Waals surface area (Å²) in [4.78, 5) is 21.4. The van der Waals surface area contributed by atoms with Crippen molar-refractivity contribution in [3.63, 3.8) is 0 Å². The third kappa shape index (κ3) is 2.70. The molecule has 0 aliphatic heterocycles. The van der Waals surface area contributed by atoms with Gasteiger partial charge in [0.15, 0.2) is 5.75 Å². The molecule has 3 N–H and O–H groups in total. The number of carbonyl (C=O) groups is 2. The Morgan fingerprint density at radius 3 is 2.28 bits per heavy atom. The standard InChI is InChI=1S/C10H8F3NO4/c1-4-2-3-5(8(16)17)7(15)6(4)14-9(18)10(11,12)13/h2-3,15H,1H3,(H,14,18)(H,16,17). The van der Waals surface area contributed by atoms with Crippen molar-refractivity contribution in [1.29, 1.82) is 0 Å². The van der Waals surface area contributed by atoms with Crippen LogP contribution in [0.15, 0.2) is 12.1 Å². The van der Waals surface area contributed by atoms with Crippen LogP contribution in [0.5, 0.6) is 5.75 Å². The molecule has 0 heterocycles. The lowest BCUT2D eigenvalue weighted by Crippen LogP contribution is -2.30. The van der Waals surface area contributed by atoms with Gasteiger partial charge in [-0.2, -0.15) is 13.2 Å². The van der Waals surface area contributed by atoms with Gasteiger partial charge in [-0.15, -0.1) is 0 Å². The summed E-state index contributed by atoms with van der Waals surface area (Å²) in [5.41, 5.74) is -1.06. The predicted octanol–water partition coefficient (Wildman–Crippen LogP) is 1.90. The van der Waals surface area contributed by atoms with Gasteiger partial charge in [-0.3, -0.25) is 4.79 Å². The number of carboxylic acid groups (broad SMARTS) is 1. The summed E-state index contributed by atoms with van der Waals surface area (Å²) in [7, 11) is 0. The van der Waals surface area contributed by atoms with Crippen molar-refractivity contribution in [2.45, 2.75) is 13.1 Å². The number of alkyl halides is 3. The maximum absolute atomic E-state index is 12.0. The Morgan fingerprint density at radius 1 is 1.28 bits per heavy atom. The van der Waals surface area contributed by atoms with Crippen molar-refractivity contribution in [3.05, 3.63) is 23.3 Å². The Kier molecular flexibility index (Phi) is 3.49. The van der Waals surface area contributed by atoms with Crippen molar-refractivity contribution in [1.82, 2.24) is 0 Å². The Balaban J connectivity index is 3.21. The maximum Gasteiger partial charge on any atom is 0.471 e. The number of hydrogen-bond acceptors (Lipinski definition) is 3. The van der Waals surface area contributed by atoms with Gasteiger partial charge >= 0.3 is 18.1 Å². The topological polar surface area (TPSA) is 86.6 Å². The molecule has 0 aliphatic rings. The fourth-order valence-electron chi connectivity index (χ4n) is 1.21. The van der Waals surface area contributed by atoms with Crippen LogP contribution in [-0.4, -0.2) is 28.3 Å². The molecule has 0 radical (unpaired) electrons. The second kappa shape index (κ2) is 4.55. The summed E-state index contributed by atoms with van der Waals surface area (Å²) >= 11 is 0. The van der Waals surface area contributed by atoms with Crippen LogP contribution in [0.25, 0.3) is 0 Å². The van der Waals surface area contributed by atoms with E-state index >= 15 is 0 Å². The molecule has 1 rings (SSSR count). The van der Waals surface area contributed by atoms with Gasteiger partial charge in [0.1, 0.15) is 5.56 Å². The number of amides is 1. The Morgan fingerprint density at radius 2 is 1.83 bits per heavy atom. The molecule has 0 bridgehead atoms. The number of carboxylic acids is 1. The van der Waals surface area contributed by atoms with Crippen molar-refractivity contribution < 1.29 is 33.0 Å². The Labute approximate surface area is 98.8 Å². The third-order valence-electron chi connectivity index (χ3n) is 2.11. The van der Waals surface area contributed by atoms with Crippen LogP contribution in [0.2, 0.25) is 0 Å². The SMILES string of the molecule is Cc1ccc(C(=O)O)c(O)c1NC(=O)C(F)(F)F. The number of aromatic hydroxyl groups is 1. The smallest absolute Gasteiger partial charge is 0.471 e. The minimum Gasteiger partial charge on any atom is -0.505 e. The van der Waals surface area contributed by atoms with Gasteiger partial charge in [-0.1, -0.05) is 6.07 Å². The molecule has 5 nitrogen and oxygen atoms in total. The largest absolute Gasteiger partial charge is 0.505 e. The van der Waals surface area contributed by atoms with Crippen LogP contribution in [-0.2, 0) is 4.79 Å². The summed E-state index contributed by atoms with van der Waals surface area (Å²) in [6.07, 6.45) is -5.13. The van der Waals surface area contributed by atoms with E-state index in [1.165, 1.54) is 18.3 Å². The second-order valence-corrected chi connectivity index (χ2v) is 3.41. The first-order valence-corrected chi connectivity index (χ1v) is 4.58. The molecule has 0 spiro atoms. The van der Waals surface area contributed by atoms with Crippen molar-refractivity contribution in [3.8, 4) is 5.75 Å². The van der Waals surface area contributed by atoms with Crippen LogP contribution in [0.1, 0.15) is 15.9 Å². The average molecular weight is 263 g/mol. The molecule has 1 aromatic rings. The second-order valence-electron chi connectivity index (χ2n) is 3.41. The quantitative estimate of drug-likeness (QED) is 0.711. The number of anilines is 1. The highest BCUT2D eigenvalue weighted by molar-refractivity contribution is 6.00. The molecule has 0 atom stereocenters. The van der Waals surface area contributed by atoms with E-state index in [0.717, 1.165) is 6.07 Å². The molecular weight excluding hydrogens is 255 g/mol. The molecule has 1 amide bonds. The van der Waals surface area contributed by atoms with Crippen molar-refractivity contribution >= 4 is 17.6 Å². The molecular formula is C10H8F3NO4. The lowest BCUT2D eigenvalue weighted by Gasteiger charge is -2.13. The van der Waals surface area contributed by atoms with E-state index in [2.05, 4.69) is 0 Å². The summed E-state index contributed by atoms with van der Waals surface area (Å²) < 4.78 is 36.1. The fourth-order valence-corrected chi connectivity index (χ4v) is 1.21. The zero-order chi connectivity index (χ0) is 14.1. The first-order chi connectivity index (χ1) is 8.14. The van der Waals surface area contributed by atoms with Gasteiger partial charge in [0.2, 0.25) is 0 Å². The number of benzene rings is 1. The number of carbonyl (C=O) groups excluding carboxylic acids is 1. The van der Waals surface area contributed by atoms with Crippen LogP contribution in [0.4, 0.5) is 18.9 Å². The molecule has 0 saturated carbocycles. The van der Waals surface area contributed by atoms with Crippen LogP contribution in [0.3, 0.4) is 0 Å². The molecule has 0 aromatic heterocycles. The zero-order valence-corrected chi connectivity index (χ0v) is 9.00. The lowest BCUT2D eigenvalue weighted by atomic mass is 10.1. The predicted molar refractivity (Wildman–Crippen MR) is 54.5 cm³/mol. The van der Waals surface area contributed by atoms with Gasteiger partial charge in [0.25, 0.3) is 0 Å². The molecule has 0 unspecified atom stereocenters. The zero-order valence-electron chi connectivity index (χ0n) is 9.00. The van der Waals surface area contributed by atoms with Crippen molar-refractivity contribution in [2.24, 2.45) is 0 Å². The highest BCUT2D eigenvalue weighted by atomic mass is 19.4. The minimum absolute atomic E-state index is 0.107. The van der Waals surface area contributed by atoms with Crippen LogP contribution in [0, 0.1) is 6.92 Å². The number of nitrogens with one attached hydrogen (secondary N) is 1. The fraction of sp³-hybridized carbons (Fsp3) is 0.200. The molecule has 1 aromatic carbocycles.